The lowest BCUT2D eigenvalue weighted by atomic mass is 10.1. The molecule has 0 bridgehead atoms. The predicted octanol–water partition coefficient (Wildman–Crippen LogP) is 2.80. The van der Waals surface area contributed by atoms with E-state index in [2.05, 4.69) is 17.4 Å². The van der Waals surface area contributed by atoms with Gasteiger partial charge in [0.25, 0.3) is 5.91 Å². The Kier molecular flexibility index (Phi) is 6.06. The summed E-state index contributed by atoms with van der Waals surface area (Å²) in [4.78, 5) is 26.3. The van der Waals surface area contributed by atoms with Crippen LogP contribution in [0, 0.1) is 5.82 Å². The number of ether oxygens (including phenoxy) is 1. The first-order chi connectivity index (χ1) is 13.1. The molecule has 0 radical (unpaired) electrons. The normalized spacial score (nSPS) is 16.4. The van der Waals surface area contributed by atoms with E-state index in [1.54, 1.807) is 4.90 Å². The Morgan fingerprint density at radius 1 is 1.26 bits per heavy atom. The van der Waals surface area contributed by atoms with Crippen molar-refractivity contribution in [2.45, 2.75) is 25.3 Å². The second-order valence-corrected chi connectivity index (χ2v) is 6.65. The monoisotopic (exact) mass is 370 g/mol. The van der Waals surface area contributed by atoms with E-state index in [0.717, 1.165) is 18.9 Å². The van der Waals surface area contributed by atoms with Gasteiger partial charge in [-0.3, -0.25) is 9.59 Å². The second-order valence-electron chi connectivity index (χ2n) is 6.65. The summed E-state index contributed by atoms with van der Waals surface area (Å²) in [6.07, 6.45) is 2.06. The molecule has 1 N–H and O–H groups in total. The van der Waals surface area contributed by atoms with E-state index in [4.69, 9.17) is 4.74 Å². The fourth-order valence-corrected chi connectivity index (χ4v) is 3.28. The Balaban J connectivity index is 1.49. The molecule has 0 aromatic heterocycles. The minimum atomic E-state index is -0.588. The molecule has 142 valence electrons. The first-order valence-corrected chi connectivity index (χ1v) is 9.03. The molecule has 5 nitrogen and oxygen atoms in total. The highest BCUT2D eigenvalue weighted by atomic mass is 19.1. The Morgan fingerprint density at radius 2 is 2.04 bits per heavy atom. The van der Waals surface area contributed by atoms with Gasteiger partial charge >= 0.3 is 0 Å². The van der Waals surface area contributed by atoms with E-state index >= 15 is 0 Å². The van der Waals surface area contributed by atoms with Gasteiger partial charge in [-0.05, 0) is 36.6 Å². The molecule has 1 heterocycles. The molecule has 1 saturated heterocycles. The Bertz CT molecular complexity index is 810. The Morgan fingerprint density at radius 3 is 2.74 bits per heavy atom. The highest BCUT2D eigenvalue weighted by Crippen LogP contribution is 2.18. The minimum absolute atomic E-state index is 0.0364. The van der Waals surface area contributed by atoms with E-state index in [9.17, 15) is 14.0 Å². The number of amides is 2. The number of rotatable bonds is 7. The van der Waals surface area contributed by atoms with Crippen molar-refractivity contribution in [1.82, 2.24) is 10.2 Å². The smallest absolute Gasteiger partial charge is 0.251 e. The average molecular weight is 370 g/mol. The summed E-state index contributed by atoms with van der Waals surface area (Å²) in [5, 5.41) is 2.82. The van der Waals surface area contributed by atoms with Crippen LogP contribution in [0.2, 0.25) is 0 Å². The molecular formula is C21H23FN2O3. The summed E-state index contributed by atoms with van der Waals surface area (Å²) in [6.45, 7) is 1.15. The molecule has 2 aromatic carbocycles. The van der Waals surface area contributed by atoms with Crippen molar-refractivity contribution < 1.29 is 18.7 Å². The lowest BCUT2D eigenvalue weighted by Crippen LogP contribution is -2.37. The molecule has 1 fully saturated rings. The molecule has 0 unspecified atom stereocenters. The summed E-state index contributed by atoms with van der Waals surface area (Å²) < 4.78 is 18.6. The first-order valence-electron chi connectivity index (χ1n) is 9.03. The molecule has 1 aliphatic heterocycles. The number of methoxy groups -OCH3 is 1. The summed E-state index contributed by atoms with van der Waals surface area (Å²) in [5.41, 5.74) is 1.46. The molecule has 0 aliphatic carbocycles. The molecule has 1 atom stereocenters. The number of carbonyl (C=O) groups is 2. The Labute approximate surface area is 158 Å². The van der Waals surface area contributed by atoms with Crippen molar-refractivity contribution in [3.05, 3.63) is 65.5 Å². The highest BCUT2D eigenvalue weighted by Gasteiger charge is 2.30. The first kappa shape index (κ1) is 18.9. The fraction of sp³-hybridized carbons (Fsp3) is 0.333. The van der Waals surface area contributed by atoms with E-state index in [-0.39, 0.29) is 35.6 Å². The van der Waals surface area contributed by atoms with Gasteiger partial charge in [-0.25, -0.2) is 4.39 Å². The van der Waals surface area contributed by atoms with Gasteiger partial charge in [0.05, 0.1) is 13.2 Å². The largest absolute Gasteiger partial charge is 0.494 e. The van der Waals surface area contributed by atoms with Crippen LogP contribution in [0.5, 0.6) is 5.75 Å². The van der Waals surface area contributed by atoms with Crippen LogP contribution in [-0.4, -0.2) is 43.0 Å². The summed E-state index contributed by atoms with van der Waals surface area (Å²) >= 11 is 0. The maximum atomic E-state index is 13.8. The lowest BCUT2D eigenvalue weighted by molar-refractivity contribution is -0.127. The molecule has 2 aromatic rings. The maximum absolute atomic E-state index is 13.8. The van der Waals surface area contributed by atoms with Crippen molar-refractivity contribution in [2.24, 2.45) is 0 Å². The van der Waals surface area contributed by atoms with Crippen LogP contribution >= 0.6 is 0 Å². The molecule has 1 aliphatic rings. The zero-order chi connectivity index (χ0) is 19.2. The van der Waals surface area contributed by atoms with Gasteiger partial charge in [0.1, 0.15) is 0 Å². The number of benzene rings is 2. The van der Waals surface area contributed by atoms with Crippen molar-refractivity contribution in [1.29, 1.82) is 0 Å². The van der Waals surface area contributed by atoms with Crippen LogP contribution < -0.4 is 10.1 Å². The van der Waals surface area contributed by atoms with Gasteiger partial charge in [-0.2, -0.15) is 0 Å². The highest BCUT2D eigenvalue weighted by molar-refractivity contribution is 5.95. The lowest BCUT2D eigenvalue weighted by Gasteiger charge is -2.17. The van der Waals surface area contributed by atoms with Gasteiger partial charge in [0.15, 0.2) is 11.6 Å². The van der Waals surface area contributed by atoms with Gasteiger partial charge < -0.3 is 15.0 Å². The van der Waals surface area contributed by atoms with E-state index < -0.39 is 5.82 Å². The van der Waals surface area contributed by atoms with E-state index in [1.807, 2.05) is 18.2 Å². The van der Waals surface area contributed by atoms with Crippen LogP contribution in [0.3, 0.4) is 0 Å². The number of aryl methyl sites for hydroxylation is 1. The fourth-order valence-electron chi connectivity index (χ4n) is 3.28. The van der Waals surface area contributed by atoms with Crippen LogP contribution in [0.4, 0.5) is 4.39 Å². The van der Waals surface area contributed by atoms with Crippen LogP contribution in [0.1, 0.15) is 28.8 Å². The van der Waals surface area contributed by atoms with Crippen molar-refractivity contribution in [3.63, 3.8) is 0 Å². The number of hydrogen-bond donors (Lipinski definition) is 1. The van der Waals surface area contributed by atoms with Crippen LogP contribution in [0.25, 0.3) is 0 Å². The zero-order valence-electron chi connectivity index (χ0n) is 15.3. The molecule has 2 amide bonds. The van der Waals surface area contributed by atoms with Crippen molar-refractivity contribution in [2.75, 3.05) is 20.2 Å². The summed E-state index contributed by atoms with van der Waals surface area (Å²) in [5.74, 6) is -0.850. The number of hydrogen-bond acceptors (Lipinski definition) is 3. The van der Waals surface area contributed by atoms with Gasteiger partial charge in [0.2, 0.25) is 5.91 Å². The number of carbonyl (C=O) groups excluding carboxylic acids is 2. The van der Waals surface area contributed by atoms with Gasteiger partial charge in [0, 0.05) is 25.1 Å². The third-order valence-corrected chi connectivity index (χ3v) is 4.70. The van der Waals surface area contributed by atoms with Crippen molar-refractivity contribution in [3.8, 4) is 5.75 Å². The molecule has 6 heteroatoms. The number of likely N-dealkylation sites (tertiary alicyclic amines) is 1. The minimum Gasteiger partial charge on any atom is -0.494 e. The standard InChI is InChI=1S/C21H23FN2O3/c1-27-19-10-9-16(12-18(19)22)21(26)23-17-13-20(25)24(14-17)11-5-8-15-6-3-2-4-7-15/h2-4,6-7,9-10,12,17H,5,8,11,13-14H2,1H3,(H,23,26)/t17-/m1/s1. The molecule has 0 saturated carbocycles. The van der Waals surface area contributed by atoms with E-state index in [0.29, 0.717) is 13.1 Å². The number of nitrogens with one attached hydrogen (secondary N) is 1. The molecule has 27 heavy (non-hydrogen) atoms. The maximum Gasteiger partial charge on any atom is 0.251 e. The van der Waals surface area contributed by atoms with Gasteiger partial charge in [-0.15, -0.1) is 0 Å². The molecular weight excluding hydrogens is 347 g/mol. The quantitative estimate of drug-likeness (QED) is 0.815. The number of nitrogens with zero attached hydrogens (tertiary/aromatic N) is 1. The molecule has 0 spiro atoms. The number of halogens is 1. The zero-order valence-corrected chi connectivity index (χ0v) is 15.3. The van der Waals surface area contributed by atoms with Crippen LogP contribution in [0.15, 0.2) is 48.5 Å². The SMILES string of the molecule is COc1ccc(C(=O)N[C@@H]2CC(=O)N(CCCc3ccccc3)C2)cc1F. The van der Waals surface area contributed by atoms with Crippen LogP contribution in [-0.2, 0) is 11.2 Å². The Hall–Kier alpha value is -2.89. The van der Waals surface area contributed by atoms with Crippen molar-refractivity contribution >= 4 is 11.8 Å². The third kappa shape index (κ3) is 4.84. The van der Waals surface area contributed by atoms with Gasteiger partial charge in [-0.1, -0.05) is 30.3 Å². The molecule has 3 rings (SSSR count). The van der Waals surface area contributed by atoms with E-state index in [1.165, 1.54) is 24.8 Å². The topological polar surface area (TPSA) is 58.6 Å². The summed E-state index contributed by atoms with van der Waals surface area (Å²) in [7, 11) is 1.37. The second kappa shape index (κ2) is 8.66. The average Bonchev–Trinajstić information content (AvgIpc) is 3.01. The third-order valence-electron chi connectivity index (χ3n) is 4.70. The predicted molar refractivity (Wildman–Crippen MR) is 100 cm³/mol. The summed E-state index contributed by atoms with van der Waals surface area (Å²) in [6, 6.07) is 13.9.